The highest BCUT2D eigenvalue weighted by atomic mass is 16.5. The van der Waals surface area contributed by atoms with Gasteiger partial charge in [-0.25, -0.2) is 4.68 Å². The topological polar surface area (TPSA) is 44.1 Å². The summed E-state index contributed by atoms with van der Waals surface area (Å²) in [6, 6.07) is 5.88. The normalized spacial score (nSPS) is 14.5. The van der Waals surface area contributed by atoms with Crippen molar-refractivity contribution in [3.05, 3.63) is 34.2 Å². The molecule has 118 valence electrons. The van der Waals surface area contributed by atoms with E-state index < -0.39 is 0 Å². The Morgan fingerprint density at radius 2 is 2.14 bits per heavy atom. The molecular weight excluding hydrogens is 276 g/mol. The second kappa shape index (κ2) is 6.51. The smallest absolute Gasteiger partial charge is 0.278 e. The molecule has 0 aliphatic heterocycles. The fourth-order valence-electron chi connectivity index (χ4n) is 2.72. The molecule has 1 aromatic heterocycles. The molecule has 4 heteroatoms. The molecule has 1 aliphatic rings. The first-order valence-corrected chi connectivity index (χ1v) is 8.40. The van der Waals surface area contributed by atoms with Crippen LogP contribution in [-0.2, 0) is 13.0 Å². The lowest BCUT2D eigenvalue weighted by Crippen LogP contribution is -2.24. The Kier molecular flexibility index (Phi) is 4.46. The Balaban J connectivity index is 2.09. The summed E-state index contributed by atoms with van der Waals surface area (Å²) in [5.41, 5.74) is 0.972. The van der Waals surface area contributed by atoms with E-state index in [1.54, 1.807) is 4.68 Å². The first-order chi connectivity index (χ1) is 10.7. The number of hydrogen-bond donors (Lipinski definition) is 0. The van der Waals surface area contributed by atoms with Crippen LogP contribution in [-0.4, -0.2) is 16.4 Å². The molecule has 4 nitrogen and oxygen atoms in total. The number of nitrogens with zero attached hydrogens (tertiary/aromatic N) is 2. The van der Waals surface area contributed by atoms with Crippen molar-refractivity contribution in [1.82, 2.24) is 9.78 Å². The standard InChI is InChI=1S/C18H24N2O2/c1-3-5-8-15-14-7-6-9-16(22-12-13-10-11-13)17(14)18(21)20(4-2)19-15/h6-7,9,13H,3-5,8,10-12H2,1-2H3. The van der Waals surface area contributed by atoms with Gasteiger partial charge in [-0.3, -0.25) is 4.79 Å². The van der Waals surface area contributed by atoms with E-state index in [1.165, 1.54) is 12.8 Å². The highest BCUT2D eigenvalue weighted by molar-refractivity contribution is 5.89. The summed E-state index contributed by atoms with van der Waals surface area (Å²) in [4.78, 5) is 12.7. The van der Waals surface area contributed by atoms with Gasteiger partial charge >= 0.3 is 0 Å². The average molecular weight is 300 g/mol. The van der Waals surface area contributed by atoms with Crippen molar-refractivity contribution in [2.75, 3.05) is 6.61 Å². The van der Waals surface area contributed by atoms with Crippen molar-refractivity contribution in [2.45, 2.75) is 52.5 Å². The molecule has 0 amide bonds. The molecule has 0 atom stereocenters. The summed E-state index contributed by atoms with van der Waals surface area (Å²) in [6.07, 6.45) is 5.59. The first-order valence-electron chi connectivity index (χ1n) is 8.40. The van der Waals surface area contributed by atoms with E-state index >= 15 is 0 Å². The van der Waals surface area contributed by atoms with Crippen LogP contribution in [0.5, 0.6) is 5.75 Å². The number of aromatic nitrogens is 2. The van der Waals surface area contributed by atoms with Gasteiger partial charge in [0.15, 0.2) is 0 Å². The summed E-state index contributed by atoms with van der Waals surface area (Å²) in [5.74, 6) is 1.39. The first kappa shape index (κ1) is 15.1. The van der Waals surface area contributed by atoms with Crippen molar-refractivity contribution < 1.29 is 4.74 Å². The molecule has 0 unspecified atom stereocenters. The lowest BCUT2D eigenvalue weighted by atomic mass is 10.1. The quantitative estimate of drug-likeness (QED) is 0.785. The van der Waals surface area contributed by atoms with Gasteiger partial charge in [-0.1, -0.05) is 25.5 Å². The number of benzene rings is 1. The van der Waals surface area contributed by atoms with Crippen LogP contribution in [0.4, 0.5) is 0 Å². The predicted molar refractivity (Wildman–Crippen MR) is 88.5 cm³/mol. The number of unbranched alkanes of at least 4 members (excludes halogenated alkanes) is 1. The Hall–Kier alpha value is -1.84. The van der Waals surface area contributed by atoms with Gasteiger partial charge in [-0.05, 0) is 44.6 Å². The van der Waals surface area contributed by atoms with Gasteiger partial charge in [0.25, 0.3) is 5.56 Å². The summed E-state index contributed by atoms with van der Waals surface area (Å²) in [7, 11) is 0. The minimum atomic E-state index is -0.0378. The second-order valence-electron chi connectivity index (χ2n) is 6.10. The van der Waals surface area contributed by atoms with Crippen LogP contribution in [0, 0.1) is 5.92 Å². The van der Waals surface area contributed by atoms with Crippen LogP contribution in [0.25, 0.3) is 10.8 Å². The lowest BCUT2D eigenvalue weighted by Gasteiger charge is -2.13. The van der Waals surface area contributed by atoms with E-state index in [-0.39, 0.29) is 5.56 Å². The van der Waals surface area contributed by atoms with Crippen LogP contribution < -0.4 is 10.3 Å². The molecule has 2 aromatic rings. The maximum absolute atomic E-state index is 12.7. The van der Waals surface area contributed by atoms with Gasteiger partial charge in [-0.2, -0.15) is 5.10 Å². The van der Waals surface area contributed by atoms with Crippen LogP contribution in [0.1, 0.15) is 45.2 Å². The van der Waals surface area contributed by atoms with E-state index in [9.17, 15) is 4.79 Å². The van der Waals surface area contributed by atoms with Crippen LogP contribution in [0.3, 0.4) is 0 Å². The van der Waals surface area contributed by atoms with Crippen LogP contribution in [0.2, 0.25) is 0 Å². The Morgan fingerprint density at radius 1 is 1.32 bits per heavy atom. The Bertz CT molecular complexity index is 717. The fraction of sp³-hybridized carbons (Fsp3) is 0.556. The SMILES string of the molecule is CCCCc1nn(CC)c(=O)c2c(OCC3CC3)cccc12. The van der Waals surface area contributed by atoms with Gasteiger partial charge in [0.05, 0.1) is 17.7 Å². The van der Waals surface area contributed by atoms with Crippen molar-refractivity contribution in [3.8, 4) is 5.75 Å². The number of hydrogen-bond acceptors (Lipinski definition) is 3. The monoisotopic (exact) mass is 300 g/mol. The Morgan fingerprint density at radius 3 is 2.82 bits per heavy atom. The zero-order valence-electron chi connectivity index (χ0n) is 13.5. The van der Waals surface area contributed by atoms with Crippen molar-refractivity contribution in [1.29, 1.82) is 0 Å². The molecule has 0 bridgehead atoms. The van der Waals surface area contributed by atoms with Crippen LogP contribution in [0.15, 0.2) is 23.0 Å². The van der Waals surface area contributed by atoms with E-state index in [1.807, 2.05) is 25.1 Å². The van der Waals surface area contributed by atoms with Crippen molar-refractivity contribution in [2.24, 2.45) is 5.92 Å². The zero-order valence-corrected chi connectivity index (χ0v) is 13.5. The summed E-state index contributed by atoms with van der Waals surface area (Å²) in [6.45, 7) is 5.43. The third kappa shape index (κ3) is 3.01. The molecule has 0 N–H and O–H groups in total. The predicted octanol–water partition coefficient (Wildman–Crippen LogP) is 3.55. The molecule has 1 aromatic carbocycles. The third-order valence-corrected chi connectivity index (χ3v) is 4.26. The molecule has 0 saturated heterocycles. The molecule has 0 radical (unpaired) electrons. The molecule has 0 spiro atoms. The summed E-state index contributed by atoms with van der Waals surface area (Å²) >= 11 is 0. The zero-order chi connectivity index (χ0) is 15.5. The minimum Gasteiger partial charge on any atom is -0.492 e. The number of rotatable bonds is 7. The minimum absolute atomic E-state index is 0.0378. The van der Waals surface area contributed by atoms with Gasteiger partial charge in [0.2, 0.25) is 0 Å². The second-order valence-corrected chi connectivity index (χ2v) is 6.10. The van der Waals surface area contributed by atoms with Crippen molar-refractivity contribution >= 4 is 10.8 Å². The maximum atomic E-state index is 12.7. The summed E-state index contributed by atoms with van der Waals surface area (Å²) < 4.78 is 7.51. The van der Waals surface area contributed by atoms with E-state index in [0.29, 0.717) is 17.8 Å². The largest absolute Gasteiger partial charge is 0.492 e. The van der Waals surface area contributed by atoms with Crippen LogP contribution >= 0.6 is 0 Å². The van der Waals surface area contributed by atoms with Crippen molar-refractivity contribution in [3.63, 3.8) is 0 Å². The maximum Gasteiger partial charge on any atom is 0.278 e. The third-order valence-electron chi connectivity index (χ3n) is 4.26. The molecule has 1 saturated carbocycles. The molecule has 22 heavy (non-hydrogen) atoms. The number of ether oxygens (including phenoxy) is 1. The molecule has 3 rings (SSSR count). The number of aryl methyl sites for hydroxylation is 2. The van der Waals surface area contributed by atoms with E-state index in [4.69, 9.17) is 4.74 Å². The van der Waals surface area contributed by atoms with E-state index in [2.05, 4.69) is 12.0 Å². The molecule has 1 fully saturated rings. The lowest BCUT2D eigenvalue weighted by molar-refractivity contribution is 0.303. The van der Waals surface area contributed by atoms with E-state index in [0.717, 1.165) is 42.7 Å². The highest BCUT2D eigenvalue weighted by Gasteiger charge is 2.23. The summed E-state index contributed by atoms with van der Waals surface area (Å²) in [5, 5.41) is 6.21. The van der Waals surface area contributed by atoms with Gasteiger partial charge in [0, 0.05) is 11.9 Å². The molecular formula is C18H24N2O2. The molecule has 1 aliphatic carbocycles. The average Bonchev–Trinajstić information content (AvgIpc) is 3.36. The fourth-order valence-corrected chi connectivity index (χ4v) is 2.72. The molecule has 1 heterocycles. The van der Waals surface area contributed by atoms with Gasteiger partial charge < -0.3 is 4.74 Å². The van der Waals surface area contributed by atoms with Gasteiger partial charge in [-0.15, -0.1) is 0 Å². The van der Waals surface area contributed by atoms with Gasteiger partial charge in [0.1, 0.15) is 5.75 Å². The Labute approximate surface area is 131 Å². The number of fused-ring (bicyclic) bond motifs is 1. The highest BCUT2D eigenvalue weighted by Crippen LogP contribution is 2.31.